The molecule has 0 radical (unpaired) electrons. The van der Waals surface area contributed by atoms with Crippen LogP contribution < -0.4 is 10.2 Å². The standard InChI is InChI=1S/C21H20O9/c1-9-18(25)19(26)20(27)21(28-9)29-12-4-2-10(3-5-12)15-8-14(24)17-13(23)6-11(22)7-16(17)30-15/h2-9,18-23,25-27H,1H3/t9-,18-,19+,20+,21?/m0/s1. The van der Waals surface area contributed by atoms with Crippen molar-refractivity contribution < 1.29 is 39.4 Å². The fraction of sp³-hybridized carbons (Fsp3) is 0.286. The smallest absolute Gasteiger partial charge is 0.229 e. The van der Waals surface area contributed by atoms with Crippen molar-refractivity contribution in [1.82, 2.24) is 0 Å². The molecule has 1 fully saturated rings. The zero-order chi connectivity index (χ0) is 21.6. The second-order valence-electron chi connectivity index (χ2n) is 7.14. The van der Waals surface area contributed by atoms with Crippen LogP contribution >= 0.6 is 0 Å². The highest BCUT2D eigenvalue weighted by Gasteiger charge is 2.43. The van der Waals surface area contributed by atoms with Crippen molar-refractivity contribution in [3.05, 3.63) is 52.7 Å². The molecule has 0 amide bonds. The van der Waals surface area contributed by atoms with Gasteiger partial charge in [0.2, 0.25) is 6.29 Å². The van der Waals surface area contributed by atoms with Gasteiger partial charge in [-0.25, -0.2) is 0 Å². The quantitative estimate of drug-likeness (QED) is 0.423. The number of rotatable bonds is 3. The largest absolute Gasteiger partial charge is 0.508 e. The van der Waals surface area contributed by atoms with E-state index in [0.717, 1.165) is 6.07 Å². The third-order valence-electron chi connectivity index (χ3n) is 4.99. The molecule has 9 heteroatoms. The number of aliphatic hydroxyl groups excluding tert-OH is 3. The van der Waals surface area contributed by atoms with E-state index in [1.54, 1.807) is 31.2 Å². The molecular weight excluding hydrogens is 396 g/mol. The first-order valence-corrected chi connectivity index (χ1v) is 9.21. The van der Waals surface area contributed by atoms with Crippen LogP contribution in [0.4, 0.5) is 0 Å². The molecule has 1 aliphatic rings. The van der Waals surface area contributed by atoms with Gasteiger partial charge in [-0.1, -0.05) is 0 Å². The summed E-state index contributed by atoms with van der Waals surface area (Å²) in [4.78, 5) is 12.3. The molecule has 0 saturated carbocycles. The van der Waals surface area contributed by atoms with Crippen molar-refractivity contribution in [3.8, 4) is 28.6 Å². The second-order valence-corrected chi connectivity index (χ2v) is 7.14. The van der Waals surface area contributed by atoms with Crippen LogP contribution in [0.25, 0.3) is 22.3 Å². The van der Waals surface area contributed by atoms with Crippen LogP contribution in [-0.2, 0) is 4.74 Å². The van der Waals surface area contributed by atoms with E-state index in [1.807, 2.05) is 0 Å². The molecule has 5 atom stereocenters. The lowest BCUT2D eigenvalue weighted by molar-refractivity contribution is -0.268. The van der Waals surface area contributed by atoms with Gasteiger partial charge in [0.15, 0.2) is 5.43 Å². The van der Waals surface area contributed by atoms with E-state index in [9.17, 15) is 30.3 Å². The summed E-state index contributed by atoms with van der Waals surface area (Å²) in [5.41, 5.74) is 0.0954. The molecule has 5 N–H and O–H groups in total. The highest BCUT2D eigenvalue weighted by atomic mass is 16.7. The average molecular weight is 416 g/mol. The van der Waals surface area contributed by atoms with Crippen molar-refractivity contribution in [2.45, 2.75) is 37.6 Å². The summed E-state index contributed by atoms with van der Waals surface area (Å²) in [7, 11) is 0. The Balaban J connectivity index is 1.59. The molecule has 1 aliphatic heterocycles. The molecule has 2 aromatic carbocycles. The van der Waals surface area contributed by atoms with Crippen LogP contribution in [0.3, 0.4) is 0 Å². The first-order chi connectivity index (χ1) is 14.2. The number of fused-ring (bicyclic) bond motifs is 1. The molecule has 0 aliphatic carbocycles. The van der Waals surface area contributed by atoms with E-state index in [4.69, 9.17) is 13.9 Å². The number of phenolic OH excluding ortho intramolecular Hbond substituents is 2. The fourth-order valence-corrected chi connectivity index (χ4v) is 3.34. The molecule has 1 aromatic heterocycles. The number of hydrogen-bond donors (Lipinski definition) is 5. The van der Waals surface area contributed by atoms with Crippen molar-refractivity contribution in [2.24, 2.45) is 0 Å². The molecule has 1 unspecified atom stereocenters. The summed E-state index contributed by atoms with van der Waals surface area (Å²) in [6.45, 7) is 1.55. The van der Waals surface area contributed by atoms with E-state index >= 15 is 0 Å². The fourth-order valence-electron chi connectivity index (χ4n) is 3.34. The molecular formula is C21H20O9. The lowest BCUT2D eigenvalue weighted by atomic mass is 10.00. The van der Waals surface area contributed by atoms with Crippen LogP contribution in [0.5, 0.6) is 17.2 Å². The minimum Gasteiger partial charge on any atom is -0.508 e. The second kappa shape index (κ2) is 7.62. The van der Waals surface area contributed by atoms with E-state index in [0.29, 0.717) is 11.3 Å². The number of benzene rings is 2. The Labute approximate surface area is 170 Å². The Morgan fingerprint density at radius 3 is 2.33 bits per heavy atom. The van der Waals surface area contributed by atoms with Crippen LogP contribution in [0.1, 0.15) is 6.92 Å². The maximum Gasteiger partial charge on any atom is 0.229 e. The number of aromatic hydroxyl groups is 2. The molecule has 9 nitrogen and oxygen atoms in total. The summed E-state index contributed by atoms with van der Waals surface area (Å²) < 4.78 is 16.6. The maximum absolute atomic E-state index is 12.3. The minimum atomic E-state index is -1.44. The predicted octanol–water partition coefficient (Wildman–Crippen LogP) is 1.08. The molecule has 30 heavy (non-hydrogen) atoms. The third kappa shape index (κ3) is 3.59. The van der Waals surface area contributed by atoms with E-state index < -0.39 is 36.1 Å². The van der Waals surface area contributed by atoms with Gasteiger partial charge < -0.3 is 39.4 Å². The van der Waals surface area contributed by atoms with Gasteiger partial charge in [0.1, 0.15) is 52.3 Å². The van der Waals surface area contributed by atoms with Crippen molar-refractivity contribution in [3.63, 3.8) is 0 Å². The molecule has 3 aromatic rings. The SMILES string of the molecule is C[C@@H]1OC(Oc2ccc(-c3cc(=O)c4c(O)cc(O)cc4o3)cc2)[C@H](O)[C@H](O)[C@H]1O. The van der Waals surface area contributed by atoms with Crippen molar-refractivity contribution >= 4 is 11.0 Å². The molecule has 4 rings (SSSR count). The predicted molar refractivity (Wildman–Crippen MR) is 104 cm³/mol. The molecule has 0 bridgehead atoms. The minimum absolute atomic E-state index is 0.0326. The number of phenols is 2. The van der Waals surface area contributed by atoms with E-state index in [-0.39, 0.29) is 28.2 Å². The topological polar surface area (TPSA) is 150 Å². The Morgan fingerprint density at radius 2 is 1.63 bits per heavy atom. The van der Waals surface area contributed by atoms with Crippen molar-refractivity contribution in [2.75, 3.05) is 0 Å². The highest BCUT2D eigenvalue weighted by Crippen LogP contribution is 2.31. The van der Waals surface area contributed by atoms with Gasteiger partial charge in [-0.2, -0.15) is 0 Å². The monoisotopic (exact) mass is 416 g/mol. The summed E-state index contributed by atoms with van der Waals surface area (Å²) >= 11 is 0. The van der Waals surface area contributed by atoms with Gasteiger partial charge in [-0.15, -0.1) is 0 Å². The Kier molecular flexibility index (Phi) is 5.12. The lowest BCUT2D eigenvalue weighted by Gasteiger charge is -2.38. The maximum atomic E-state index is 12.3. The van der Waals surface area contributed by atoms with Crippen molar-refractivity contribution in [1.29, 1.82) is 0 Å². The van der Waals surface area contributed by atoms with Crippen LogP contribution in [0.15, 0.2) is 51.7 Å². The first kappa shape index (κ1) is 20.2. The van der Waals surface area contributed by atoms with Gasteiger partial charge in [0.05, 0.1) is 6.10 Å². The third-order valence-corrected chi connectivity index (χ3v) is 4.99. The van der Waals surface area contributed by atoms with Crippen LogP contribution in [-0.4, -0.2) is 56.2 Å². The zero-order valence-electron chi connectivity index (χ0n) is 15.8. The molecule has 1 saturated heterocycles. The zero-order valence-corrected chi connectivity index (χ0v) is 15.8. The summed E-state index contributed by atoms with van der Waals surface area (Å²) in [5, 5.41) is 49.1. The van der Waals surface area contributed by atoms with Gasteiger partial charge in [0, 0.05) is 23.8 Å². The summed E-state index contributed by atoms with van der Waals surface area (Å²) in [6.07, 6.45) is -5.97. The van der Waals surface area contributed by atoms with Crippen LogP contribution in [0, 0.1) is 0 Å². The molecule has 0 spiro atoms. The van der Waals surface area contributed by atoms with Gasteiger partial charge in [-0.3, -0.25) is 4.79 Å². The molecule has 158 valence electrons. The Hall–Kier alpha value is -3.11. The Morgan fingerprint density at radius 1 is 0.933 bits per heavy atom. The van der Waals surface area contributed by atoms with E-state index in [2.05, 4.69) is 0 Å². The lowest BCUT2D eigenvalue weighted by Crippen LogP contribution is -2.58. The number of ether oxygens (including phenoxy) is 2. The summed E-state index contributed by atoms with van der Waals surface area (Å²) in [5.74, 6) is -0.0829. The first-order valence-electron chi connectivity index (χ1n) is 9.21. The van der Waals surface area contributed by atoms with E-state index in [1.165, 1.54) is 12.1 Å². The van der Waals surface area contributed by atoms with Gasteiger partial charge in [-0.05, 0) is 31.2 Å². The highest BCUT2D eigenvalue weighted by molar-refractivity contribution is 5.86. The average Bonchev–Trinajstić information content (AvgIpc) is 2.70. The van der Waals surface area contributed by atoms with Gasteiger partial charge in [0.25, 0.3) is 0 Å². The number of hydrogen-bond acceptors (Lipinski definition) is 9. The van der Waals surface area contributed by atoms with Gasteiger partial charge >= 0.3 is 0 Å². The number of aliphatic hydroxyl groups is 3. The normalized spacial score (nSPS) is 26.6. The molecule has 2 heterocycles. The Bertz CT molecular complexity index is 1120. The summed E-state index contributed by atoms with van der Waals surface area (Å²) in [6, 6.07) is 9.83. The van der Waals surface area contributed by atoms with Crippen LogP contribution in [0.2, 0.25) is 0 Å².